The van der Waals surface area contributed by atoms with E-state index in [0.29, 0.717) is 26.1 Å². The van der Waals surface area contributed by atoms with E-state index in [0.717, 1.165) is 42.4 Å². The van der Waals surface area contributed by atoms with E-state index in [1.54, 1.807) is 6.20 Å². The fraction of sp³-hybridized carbons (Fsp3) is 0.519. The summed E-state index contributed by atoms with van der Waals surface area (Å²) in [5, 5.41) is 3.04. The number of pyridine rings is 1. The van der Waals surface area contributed by atoms with Gasteiger partial charge in [-0.15, -0.1) is 0 Å². The minimum atomic E-state index is -1.08. The Hall–Kier alpha value is -2.73. The predicted octanol–water partition coefficient (Wildman–Crippen LogP) is 3.99. The van der Waals surface area contributed by atoms with Crippen LogP contribution in [0.2, 0.25) is 0 Å². The van der Waals surface area contributed by atoms with Gasteiger partial charge in [0.1, 0.15) is 0 Å². The third-order valence-corrected chi connectivity index (χ3v) is 6.72. The fourth-order valence-electron chi connectivity index (χ4n) is 4.98. The van der Waals surface area contributed by atoms with Gasteiger partial charge in [-0.1, -0.05) is 49.6 Å². The van der Waals surface area contributed by atoms with Crippen LogP contribution < -0.4 is 5.32 Å². The van der Waals surface area contributed by atoms with Crippen LogP contribution in [0.3, 0.4) is 0 Å². The van der Waals surface area contributed by atoms with Gasteiger partial charge in [0.15, 0.2) is 5.60 Å². The monoisotopic (exact) mass is 449 g/mol. The number of hydrogen-bond acceptors (Lipinski definition) is 4. The first kappa shape index (κ1) is 23.4. The van der Waals surface area contributed by atoms with Crippen molar-refractivity contribution in [2.75, 3.05) is 19.7 Å². The molecule has 4 rings (SSSR count). The minimum absolute atomic E-state index is 0.00430. The maximum atomic E-state index is 13.4. The number of nitrogens with one attached hydrogen (secondary N) is 1. The van der Waals surface area contributed by atoms with E-state index in [9.17, 15) is 9.59 Å². The Morgan fingerprint density at radius 2 is 1.88 bits per heavy atom. The van der Waals surface area contributed by atoms with Gasteiger partial charge in [0.25, 0.3) is 5.91 Å². The van der Waals surface area contributed by atoms with Crippen molar-refractivity contribution < 1.29 is 14.3 Å². The average molecular weight is 450 g/mol. The molecule has 6 nitrogen and oxygen atoms in total. The quantitative estimate of drug-likeness (QED) is 0.724. The molecule has 2 aliphatic rings. The van der Waals surface area contributed by atoms with E-state index in [-0.39, 0.29) is 23.8 Å². The number of carbonyl (C=O) groups excluding carboxylic acids is 2. The van der Waals surface area contributed by atoms with Gasteiger partial charge < -0.3 is 15.0 Å². The highest BCUT2D eigenvalue weighted by Gasteiger charge is 2.46. The van der Waals surface area contributed by atoms with Crippen LogP contribution in [0.15, 0.2) is 48.8 Å². The summed E-state index contributed by atoms with van der Waals surface area (Å²) in [5.41, 5.74) is 2.05. The normalized spacial score (nSPS) is 21.7. The number of morpholine rings is 1. The first-order valence-electron chi connectivity index (χ1n) is 12.2. The molecule has 176 valence electrons. The van der Waals surface area contributed by atoms with Crippen molar-refractivity contribution in [2.24, 2.45) is 5.92 Å². The topological polar surface area (TPSA) is 71.5 Å². The zero-order chi connectivity index (χ0) is 23.3. The highest BCUT2D eigenvalue weighted by Crippen LogP contribution is 2.30. The first-order chi connectivity index (χ1) is 16.0. The van der Waals surface area contributed by atoms with Crippen molar-refractivity contribution in [1.29, 1.82) is 0 Å². The molecule has 0 unspecified atom stereocenters. The smallest absolute Gasteiger partial charge is 0.254 e. The van der Waals surface area contributed by atoms with Crippen LogP contribution in [0.4, 0.5) is 0 Å². The molecule has 1 aliphatic carbocycles. The molecule has 0 radical (unpaired) electrons. The predicted molar refractivity (Wildman–Crippen MR) is 128 cm³/mol. The van der Waals surface area contributed by atoms with Crippen LogP contribution in [0.25, 0.3) is 11.1 Å². The number of amides is 2. The van der Waals surface area contributed by atoms with Crippen molar-refractivity contribution in [3.63, 3.8) is 0 Å². The molecular formula is C27H35N3O3. The Labute approximate surface area is 196 Å². The van der Waals surface area contributed by atoms with E-state index in [1.165, 1.54) is 6.42 Å². The summed E-state index contributed by atoms with van der Waals surface area (Å²) in [6.45, 7) is 5.11. The molecule has 2 heterocycles. The van der Waals surface area contributed by atoms with Gasteiger partial charge in [-0.3, -0.25) is 14.6 Å². The lowest BCUT2D eigenvalue weighted by atomic mass is 9.86. The number of aromatic nitrogens is 1. The van der Waals surface area contributed by atoms with E-state index in [2.05, 4.69) is 10.3 Å². The molecule has 2 amide bonds. The van der Waals surface area contributed by atoms with Crippen LogP contribution in [0.5, 0.6) is 0 Å². The minimum Gasteiger partial charge on any atom is -0.361 e. The summed E-state index contributed by atoms with van der Waals surface area (Å²) in [6, 6.07) is 12.1. The summed E-state index contributed by atoms with van der Waals surface area (Å²) in [5.74, 6) is 0.128. The molecular weight excluding hydrogens is 414 g/mol. The van der Waals surface area contributed by atoms with Crippen molar-refractivity contribution in [1.82, 2.24) is 15.2 Å². The molecule has 1 aromatic carbocycles. The van der Waals surface area contributed by atoms with Gasteiger partial charge in [-0.25, -0.2) is 0 Å². The lowest BCUT2D eigenvalue weighted by Gasteiger charge is -2.43. The van der Waals surface area contributed by atoms with E-state index in [1.807, 2.05) is 61.3 Å². The van der Waals surface area contributed by atoms with Crippen molar-refractivity contribution >= 4 is 11.8 Å². The van der Waals surface area contributed by atoms with E-state index in [4.69, 9.17) is 4.74 Å². The van der Waals surface area contributed by atoms with Gasteiger partial charge in [0.2, 0.25) is 5.91 Å². The van der Waals surface area contributed by atoms with Gasteiger partial charge in [-0.2, -0.15) is 0 Å². The van der Waals surface area contributed by atoms with Gasteiger partial charge in [-0.05, 0) is 49.4 Å². The maximum absolute atomic E-state index is 13.4. The summed E-state index contributed by atoms with van der Waals surface area (Å²) in [7, 11) is 0. The summed E-state index contributed by atoms with van der Waals surface area (Å²) in [6.07, 6.45) is 9.37. The molecule has 0 bridgehead atoms. The molecule has 6 heteroatoms. The number of hydrogen-bond donors (Lipinski definition) is 1. The lowest BCUT2D eigenvalue weighted by Crippen LogP contribution is -2.63. The summed E-state index contributed by atoms with van der Waals surface area (Å²) in [4.78, 5) is 32.7. The van der Waals surface area contributed by atoms with Crippen LogP contribution in [0.1, 0.15) is 51.5 Å². The van der Waals surface area contributed by atoms with Crippen LogP contribution in [-0.2, 0) is 20.7 Å². The Balaban J connectivity index is 1.55. The van der Waals surface area contributed by atoms with Crippen LogP contribution >= 0.6 is 0 Å². The number of ether oxygens (including phenoxy) is 1. The molecule has 2 fully saturated rings. The Morgan fingerprint density at radius 3 is 2.55 bits per heavy atom. The molecule has 1 aliphatic heterocycles. The van der Waals surface area contributed by atoms with Crippen molar-refractivity contribution in [2.45, 2.75) is 64.0 Å². The van der Waals surface area contributed by atoms with Gasteiger partial charge in [0.05, 0.1) is 13.2 Å². The Kier molecular flexibility index (Phi) is 7.43. The van der Waals surface area contributed by atoms with Gasteiger partial charge >= 0.3 is 0 Å². The highest BCUT2D eigenvalue weighted by molar-refractivity contribution is 5.88. The zero-order valence-electron chi connectivity index (χ0n) is 19.8. The Morgan fingerprint density at radius 1 is 1.12 bits per heavy atom. The van der Waals surface area contributed by atoms with E-state index < -0.39 is 5.60 Å². The number of carbonyl (C=O) groups is 2. The molecule has 1 aromatic heterocycles. The zero-order valence-corrected chi connectivity index (χ0v) is 19.8. The molecule has 1 N–H and O–H groups in total. The summed E-state index contributed by atoms with van der Waals surface area (Å²) < 4.78 is 6.20. The first-order valence-corrected chi connectivity index (χ1v) is 12.2. The third kappa shape index (κ3) is 5.61. The number of nitrogens with zero attached hydrogens (tertiary/aromatic N) is 2. The fourth-order valence-corrected chi connectivity index (χ4v) is 4.98. The van der Waals surface area contributed by atoms with Gasteiger partial charge in [0, 0.05) is 37.3 Å². The molecule has 1 saturated heterocycles. The number of benzene rings is 1. The third-order valence-electron chi connectivity index (χ3n) is 6.72. The second kappa shape index (κ2) is 10.5. The van der Waals surface area contributed by atoms with Crippen LogP contribution in [-0.4, -0.2) is 53.0 Å². The molecule has 0 spiro atoms. The lowest BCUT2D eigenvalue weighted by molar-refractivity contribution is -0.168. The second-order valence-corrected chi connectivity index (χ2v) is 9.68. The van der Waals surface area contributed by atoms with E-state index >= 15 is 0 Å². The van der Waals surface area contributed by atoms with Crippen LogP contribution in [0, 0.1) is 5.92 Å². The largest absolute Gasteiger partial charge is 0.361 e. The molecule has 1 saturated carbocycles. The highest BCUT2D eigenvalue weighted by atomic mass is 16.5. The summed E-state index contributed by atoms with van der Waals surface area (Å²) >= 11 is 0. The Bertz CT molecular complexity index is 939. The maximum Gasteiger partial charge on any atom is 0.254 e. The average Bonchev–Trinajstić information content (AvgIpc) is 2.85. The number of rotatable bonds is 6. The van der Waals surface area contributed by atoms with Crippen molar-refractivity contribution in [3.8, 4) is 11.1 Å². The molecule has 1 atom stereocenters. The SMILES string of the molecule is CC(C)NC(=O)[C@]1(Cc2ccc(-c3cccnc3)cc2)CN(C(=O)C2CCCCC2)CCO1. The molecule has 33 heavy (non-hydrogen) atoms. The standard InChI is InChI=1S/C27H35N3O3/c1-20(2)29-26(32)27(17-21-10-12-22(13-11-21)24-9-6-14-28-18-24)19-30(15-16-33-27)25(31)23-7-4-3-5-8-23/h6,9-14,18,20,23H,3-5,7-8,15-17,19H2,1-2H3,(H,29,32)/t27-/m0/s1. The second-order valence-electron chi connectivity index (χ2n) is 9.68. The van der Waals surface area contributed by atoms with Crippen molar-refractivity contribution in [3.05, 3.63) is 54.4 Å². The molecule has 2 aromatic rings.